The topological polar surface area (TPSA) is 33.3 Å². The molecular weight excluding hydrogens is 224 g/mol. The minimum atomic E-state index is 0.615. The van der Waals surface area contributed by atoms with Gasteiger partial charge in [-0.2, -0.15) is 0 Å². The molecule has 2 fully saturated rings. The Morgan fingerprint density at radius 2 is 2.17 bits per heavy atom. The average molecular weight is 254 g/mol. The molecule has 18 heavy (non-hydrogen) atoms. The Balaban J connectivity index is 1.58. The third-order valence-corrected chi connectivity index (χ3v) is 4.88. The van der Waals surface area contributed by atoms with Crippen molar-refractivity contribution in [2.45, 2.75) is 45.6 Å². The van der Waals surface area contributed by atoms with Crippen LogP contribution in [0.1, 0.15) is 39.5 Å². The summed E-state index contributed by atoms with van der Waals surface area (Å²) in [6, 6.07) is 0.615. The van der Waals surface area contributed by atoms with Gasteiger partial charge in [-0.25, -0.2) is 0 Å². The summed E-state index contributed by atoms with van der Waals surface area (Å²) in [4.78, 5) is 0. The molecule has 0 amide bonds. The summed E-state index contributed by atoms with van der Waals surface area (Å²) in [7, 11) is 0. The van der Waals surface area contributed by atoms with Gasteiger partial charge in [-0.1, -0.05) is 6.92 Å². The van der Waals surface area contributed by atoms with Crippen LogP contribution in [0.4, 0.5) is 0 Å². The van der Waals surface area contributed by atoms with Crippen LogP contribution in [-0.2, 0) is 4.74 Å². The Hall–Kier alpha value is -0.120. The summed E-state index contributed by atoms with van der Waals surface area (Å²) in [6.45, 7) is 10.3. The molecule has 0 aromatic rings. The first-order valence-electron chi connectivity index (χ1n) is 7.79. The molecule has 0 radical (unpaired) electrons. The summed E-state index contributed by atoms with van der Waals surface area (Å²) < 4.78 is 5.45. The van der Waals surface area contributed by atoms with Crippen molar-refractivity contribution in [2.75, 3.05) is 32.8 Å². The highest BCUT2D eigenvalue weighted by Crippen LogP contribution is 2.22. The van der Waals surface area contributed by atoms with Gasteiger partial charge in [0.2, 0.25) is 0 Å². The third-order valence-electron chi connectivity index (χ3n) is 4.88. The van der Waals surface area contributed by atoms with E-state index >= 15 is 0 Å². The highest BCUT2D eigenvalue weighted by molar-refractivity contribution is 4.78. The smallest absolute Gasteiger partial charge is 0.0509 e. The lowest BCUT2D eigenvalue weighted by Crippen LogP contribution is -2.37. The van der Waals surface area contributed by atoms with Crippen molar-refractivity contribution >= 4 is 0 Å². The summed E-state index contributed by atoms with van der Waals surface area (Å²) in [5, 5.41) is 7.22. The summed E-state index contributed by atoms with van der Waals surface area (Å²) in [6.07, 6.45) is 5.32. The molecule has 3 heteroatoms. The van der Waals surface area contributed by atoms with E-state index in [-0.39, 0.29) is 0 Å². The number of hydrogen-bond donors (Lipinski definition) is 2. The Morgan fingerprint density at radius 3 is 2.83 bits per heavy atom. The Kier molecular flexibility index (Phi) is 5.93. The Bertz CT molecular complexity index is 223. The van der Waals surface area contributed by atoms with Gasteiger partial charge in [-0.05, 0) is 70.0 Å². The molecular formula is C15H30N2O. The lowest BCUT2D eigenvalue weighted by molar-refractivity contribution is 0.177. The fraction of sp³-hybridized carbons (Fsp3) is 1.00. The van der Waals surface area contributed by atoms with Crippen LogP contribution in [0, 0.1) is 17.8 Å². The fourth-order valence-corrected chi connectivity index (χ4v) is 3.25. The van der Waals surface area contributed by atoms with Gasteiger partial charge in [0, 0.05) is 12.6 Å². The first-order chi connectivity index (χ1) is 8.77. The van der Waals surface area contributed by atoms with E-state index in [1.807, 2.05) is 0 Å². The van der Waals surface area contributed by atoms with Crippen LogP contribution in [0.5, 0.6) is 0 Å². The summed E-state index contributed by atoms with van der Waals surface area (Å²) in [5.41, 5.74) is 0. The molecule has 2 N–H and O–H groups in total. The van der Waals surface area contributed by atoms with Gasteiger partial charge in [-0.3, -0.25) is 0 Å². The second-order valence-corrected chi connectivity index (χ2v) is 6.24. The number of piperidine rings is 1. The third kappa shape index (κ3) is 4.22. The van der Waals surface area contributed by atoms with Crippen molar-refractivity contribution in [3.8, 4) is 0 Å². The van der Waals surface area contributed by atoms with E-state index < -0.39 is 0 Å². The van der Waals surface area contributed by atoms with Crippen LogP contribution >= 0.6 is 0 Å². The van der Waals surface area contributed by atoms with Crippen LogP contribution in [-0.4, -0.2) is 38.9 Å². The Labute approximate surface area is 112 Å². The van der Waals surface area contributed by atoms with Crippen LogP contribution in [0.2, 0.25) is 0 Å². The highest BCUT2D eigenvalue weighted by atomic mass is 16.5. The lowest BCUT2D eigenvalue weighted by atomic mass is 9.85. The van der Waals surface area contributed by atoms with E-state index in [1.165, 1.54) is 38.8 Å². The van der Waals surface area contributed by atoms with Gasteiger partial charge in [0.05, 0.1) is 6.61 Å². The van der Waals surface area contributed by atoms with Gasteiger partial charge in [0.25, 0.3) is 0 Å². The number of nitrogens with one attached hydrogen (secondary N) is 2. The zero-order valence-corrected chi connectivity index (χ0v) is 12.1. The predicted molar refractivity (Wildman–Crippen MR) is 75.8 cm³/mol. The molecule has 2 aliphatic heterocycles. The monoisotopic (exact) mass is 254 g/mol. The number of rotatable bonds is 6. The van der Waals surface area contributed by atoms with Crippen LogP contribution < -0.4 is 10.6 Å². The fourth-order valence-electron chi connectivity index (χ4n) is 3.25. The van der Waals surface area contributed by atoms with E-state index in [1.54, 1.807) is 0 Å². The normalized spacial score (nSPS) is 32.3. The molecule has 0 spiro atoms. The largest absolute Gasteiger partial charge is 0.381 e. The van der Waals surface area contributed by atoms with Gasteiger partial charge in [0.15, 0.2) is 0 Å². The van der Waals surface area contributed by atoms with Crippen LogP contribution in [0.15, 0.2) is 0 Å². The van der Waals surface area contributed by atoms with Crippen LogP contribution in [0.3, 0.4) is 0 Å². The van der Waals surface area contributed by atoms with E-state index in [9.17, 15) is 0 Å². The first kappa shape index (κ1) is 14.3. The van der Waals surface area contributed by atoms with Crippen molar-refractivity contribution in [3.63, 3.8) is 0 Å². The molecule has 0 aromatic heterocycles. The Morgan fingerprint density at radius 1 is 1.28 bits per heavy atom. The lowest BCUT2D eigenvalue weighted by Gasteiger charge is -2.29. The second kappa shape index (κ2) is 7.46. The zero-order valence-electron chi connectivity index (χ0n) is 12.1. The minimum Gasteiger partial charge on any atom is -0.381 e. The first-order valence-corrected chi connectivity index (χ1v) is 7.79. The van der Waals surface area contributed by atoms with Crippen molar-refractivity contribution in [3.05, 3.63) is 0 Å². The summed E-state index contributed by atoms with van der Waals surface area (Å²) in [5.74, 6) is 2.47. The van der Waals surface area contributed by atoms with Crippen molar-refractivity contribution in [2.24, 2.45) is 17.8 Å². The van der Waals surface area contributed by atoms with E-state index in [2.05, 4.69) is 24.5 Å². The highest BCUT2D eigenvalue weighted by Gasteiger charge is 2.23. The molecule has 2 saturated heterocycles. The number of hydrogen-bond acceptors (Lipinski definition) is 3. The van der Waals surface area contributed by atoms with Gasteiger partial charge < -0.3 is 15.4 Å². The maximum absolute atomic E-state index is 5.45. The SMILES string of the molecule is CC(CCNC(C)C1CCOC1)C1CCCNC1. The van der Waals surface area contributed by atoms with E-state index in [4.69, 9.17) is 4.74 Å². The van der Waals surface area contributed by atoms with Crippen LogP contribution in [0.25, 0.3) is 0 Å². The molecule has 3 nitrogen and oxygen atoms in total. The quantitative estimate of drug-likeness (QED) is 0.761. The van der Waals surface area contributed by atoms with E-state index in [0.29, 0.717) is 6.04 Å². The van der Waals surface area contributed by atoms with Gasteiger partial charge >= 0.3 is 0 Å². The molecule has 0 aliphatic carbocycles. The maximum Gasteiger partial charge on any atom is 0.0509 e. The van der Waals surface area contributed by atoms with Gasteiger partial charge in [-0.15, -0.1) is 0 Å². The summed E-state index contributed by atoms with van der Waals surface area (Å²) >= 11 is 0. The number of ether oxygens (including phenoxy) is 1. The molecule has 4 unspecified atom stereocenters. The molecule has 2 rings (SSSR count). The van der Waals surface area contributed by atoms with Gasteiger partial charge in [0.1, 0.15) is 0 Å². The predicted octanol–water partition coefficient (Wildman–Crippen LogP) is 2.03. The minimum absolute atomic E-state index is 0.615. The molecule has 2 heterocycles. The molecule has 0 saturated carbocycles. The van der Waals surface area contributed by atoms with Crippen molar-refractivity contribution in [1.82, 2.24) is 10.6 Å². The second-order valence-electron chi connectivity index (χ2n) is 6.24. The molecule has 0 bridgehead atoms. The van der Waals surface area contributed by atoms with E-state index in [0.717, 1.165) is 37.5 Å². The standard InChI is InChI=1S/C15H30N2O/c1-12(14-4-3-7-16-10-14)5-8-17-13(2)15-6-9-18-11-15/h12-17H,3-11H2,1-2H3. The molecule has 106 valence electrons. The maximum atomic E-state index is 5.45. The van der Waals surface area contributed by atoms with Crippen molar-refractivity contribution < 1.29 is 4.74 Å². The molecule has 0 aromatic carbocycles. The molecule has 4 atom stereocenters. The van der Waals surface area contributed by atoms with Crippen molar-refractivity contribution in [1.29, 1.82) is 0 Å². The molecule has 2 aliphatic rings. The average Bonchev–Trinajstić information content (AvgIpc) is 2.93. The zero-order chi connectivity index (χ0) is 12.8.